The third-order valence-corrected chi connectivity index (χ3v) is 5.91. The number of hydrogen-bond donors (Lipinski definition) is 1. The summed E-state index contributed by atoms with van der Waals surface area (Å²) >= 11 is 0. The van der Waals surface area contributed by atoms with Crippen LogP contribution < -0.4 is 5.32 Å². The zero-order chi connectivity index (χ0) is 19.2. The monoisotopic (exact) mass is 376 g/mol. The number of carbonyl (C=O) groups is 1. The van der Waals surface area contributed by atoms with Crippen molar-refractivity contribution in [3.8, 4) is 0 Å². The van der Waals surface area contributed by atoms with Gasteiger partial charge in [0.2, 0.25) is 10.0 Å². The van der Waals surface area contributed by atoms with Crippen molar-refractivity contribution in [2.75, 3.05) is 13.6 Å². The van der Waals surface area contributed by atoms with Gasteiger partial charge in [-0.25, -0.2) is 8.42 Å². The minimum atomic E-state index is -3.74. The molecule has 0 spiro atoms. The lowest BCUT2D eigenvalue weighted by molar-refractivity contribution is 0.0947. The maximum absolute atomic E-state index is 12.8. The first-order chi connectivity index (χ1) is 12.3. The first kappa shape index (κ1) is 20.0. The van der Waals surface area contributed by atoms with Crippen molar-refractivity contribution in [1.29, 1.82) is 0 Å². The second-order valence-corrected chi connectivity index (χ2v) is 8.25. The second kappa shape index (κ2) is 8.86. The topological polar surface area (TPSA) is 92.3 Å². The van der Waals surface area contributed by atoms with Gasteiger partial charge in [0.15, 0.2) is 0 Å². The van der Waals surface area contributed by atoms with Crippen LogP contribution in [0.3, 0.4) is 0 Å². The molecule has 8 heteroatoms. The molecular formula is C18H24N4O3S. The van der Waals surface area contributed by atoms with Gasteiger partial charge in [0, 0.05) is 37.7 Å². The molecule has 0 aliphatic rings. The Balaban J connectivity index is 2.15. The normalized spacial score (nSPS) is 12.8. The molecule has 1 atom stereocenters. The lowest BCUT2D eigenvalue weighted by Crippen LogP contribution is -2.29. The second-order valence-electron chi connectivity index (χ2n) is 6.21. The molecule has 0 aliphatic carbocycles. The Morgan fingerprint density at radius 3 is 2.73 bits per heavy atom. The molecule has 2 rings (SSSR count). The molecule has 26 heavy (non-hydrogen) atoms. The zero-order valence-electron chi connectivity index (χ0n) is 15.2. The van der Waals surface area contributed by atoms with E-state index in [2.05, 4.69) is 22.2 Å². The molecular weight excluding hydrogens is 352 g/mol. The Kier molecular flexibility index (Phi) is 6.82. The van der Waals surface area contributed by atoms with Gasteiger partial charge in [0.25, 0.3) is 5.91 Å². The van der Waals surface area contributed by atoms with Gasteiger partial charge in [0.05, 0.1) is 17.1 Å². The fourth-order valence-electron chi connectivity index (χ4n) is 2.22. The highest BCUT2D eigenvalue weighted by atomic mass is 32.2. The van der Waals surface area contributed by atoms with Gasteiger partial charge in [-0.05, 0) is 24.1 Å². The van der Waals surface area contributed by atoms with Gasteiger partial charge < -0.3 is 5.32 Å². The third kappa shape index (κ3) is 5.09. The van der Waals surface area contributed by atoms with Crippen LogP contribution in [0.15, 0.2) is 47.8 Å². The molecule has 0 bridgehead atoms. The van der Waals surface area contributed by atoms with Crippen molar-refractivity contribution in [3.63, 3.8) is 0 Å². The standard InChI is InChI=1S/C18H24N4O3S/c1-4-14(2)11-21-18(23)15-6-5-7-17(10-15)26(24,25)22(3)13-16-12-19-8-9-20-16/h5-10,12,14H,4,11,13H2,1-3H3,(H,21,23)/t14-/m0/s1. The van der Waals surface area contributed by atoms with E-state index in [0.29, 0.717) is 23.7 Å². The van der Waals surface area contributed by atoms with E-state index in [9.17, 15) is 13.2 Å². The number of nitrogens with one attached hydrogen (secondary N) is 1. The predicted octanol–water partition coefficient (Wildman–Crippen LogP) is 2.07. The number of benzene rings is 1. The average molecular weight is 376 g/mol. The van der Waals surface area contributed by atoms with Crippen molar-refractivity contribution < 1.29 is 13.2 Å². The SMILES string of the molecule is CC[C@H](C)CNC(=O)c1cccc(S(=O)(=O)N(C)Cc2cnccn2)c1. The van der Waals surface area contributed by atoms with Crippen LogP contribution in [0.1, 0.15) is 36.3 Å². The fraction of sp³-hybridized carbons (Fsp3) is 0.389. The van der Waals surface area contributed by atoms with Gasteiger partial charge in [-0.15, -0.1) is 0 Å². The van der Waals surface area contributed by atoms with Crippen molar-refractivity contribution >= 4 is 15.9 Å². The molecule has 1 aromatic heterocycles. The average Bonchev–Trinajstić information content (AvgIpc) is 2.66. The lowest BCUT2D eigenvalue weighted by atomic mass is 10.1. The van der Waals surface area contributed by atoms with Crippen LogP contribution in [0.4, 0.5) is 0 Å². The Morgan fingerprint density at radius 1 is 1.31 bits per heavy atom. The molecule has 0 saturated heterocycles. The summed E-state index contributed by atoms with van der Waals surface area (Å²) < 4.78 is 26.7. The molecule has 1 heterocycles. The number of aromatic nitrogens is 2. The van der Waals surface area contributed by atoms with E-state index in [-0.39, 0.29) is 17.3 Å². The largest absolute Gasteiger partial charge is 0.352 e. The van der Waals surface area contributed by atoms with E-state index in [1.54, 1.807) is 12.1 Å². The summed E-state index contributed by atoms with van der Waals surface area (Å²) in [4.78, 5) is 20.4. The molecule has 0 fully saturated rings. The Labute approximate surface area is 154 Å². The summed E-state index contributed by atoms with van der Waals surface area (Å²) in [5, 5.41) is 2.83. The minimum Gasteiger partial charge on any atom is -0.352 e. The molecule has 1 aromatic carbocycles. The van der Waals surface area contributed by atoms with E-state index in [4.69, 9.17) is 0 Å². The Morgan fingerprint density at radius 2 is 2.08 bits per heavy atom. The molecule has 1 amide bonds. The van der Waals surface area contributed by atoms with Gasteiger partial charge in [-0.1, -0.05) is 26.3 Å². The number of nitrogens with zero attached hydrogens (tertiary/aromatic N) is 3. The van der Waals surface area contributed by atoms with Crippen LogP contribution in [0.2, 0.25) is 0 Å². The Hall–Kier alpha value is -2.32. The highest BCUT2D eigenvalue weighted by Gasteiger charge is 2.22. The van der Waals surface area contributed by atoms with Crippen molar-refractivity contribution in [1.82, 2.24) is 19.6 Å². The molecule has 0 unspecified atom stereocenters. The van der Waals surface area contributed by atoms with E-state index < -0.39 is 10.0 Å². The minimum absolute atomic E-state index is 0.0695. The van der Waals surface area contributed by atoms with E-state index in [1.807, 2.05) is 6.92 Å². The quantitative estimate of drug-likeness (QED) is 0.761. The van der Waals surface area contributed by atoms with E-state index in [1.165, 1.54) is 42.1 Å². The van der Waals surface area contributed by atoms with Crippen molar-refractivity contribution in [2.45, 2.75) is 31.7 Å². The number of amides is 1. The van der Waals surface area contributed by atoms with Crippen LogP contribution in [0.5, 0.6) is 0 Å². The summed E-state index contributed by atoms with van der Waals surface area (Å²) in [7, 11) is -2.27. The Bertz CT molecular complexity index is 841. The molecule has 2 aromatic rings. The smallest absolute Gasteiger partial charge is 0.251 e. The van der Waals surface area contributed by atoms with Gasteiger partial charge >= 0.3 is 0 Å². The van der Waals surface area contributed by atoms with Crippen LogP contribution in [-0.2, 0) is 16.6 Å². The number of rotatable bonds is 8. The maximum atomic E-state index is 12.8. The van der Waals surface area contributed by atoms with Crippen LogP contribution in [0, 0.1) is 5.92 Å². The van der Waals surface area contributed by atoms with Gasteiger partial charge in [0.1, 0.15) is 0 Å². The van der Waals surface area contributed by atoms with Crippen LogP contribution >= 0.6 is 0 Å². The molecule has 140 valence electrons. The lowest BCUT2D eigenvalue weighted by Gasteiger charge is -2.17. The van der Waals surface area contributed by atoms with Crippen LogP contribution in [-0.4, -0.2) is 42.2 Å². The van der Waals surface area contributed by atoms with E-state index >= 15 is 0 Å². The summed E-state index contributed by atoms with van der Waals surface area (Å²) in [6.07, 6.45) is 5.52. The highest BCUT2D eigenvalue weighted by Crippen LogP contribution is 2.17. The number of sulfonamides is 1. The van der Waals surface area contributed by atoms with Crippen LogP contribution in [0.25, 0.3) is 0 Å². The van der Waals surface area contributed by atoms with Gasteiger partial charge in [-0.3, -0.25) is 14.8 Å². The van der Waals surface area contributed by atoms with Gasteiger partial charge in [-0.2, -0.15) is 4.31 Å². The summed E-state index contributed by atoms with van der Waals surface area (Å²) in [5.41, 5.74) is 0.864. The molecule has 1 N–H and O–H groups in total. The number of carbonyl (C=O) groups excluding carboxylic acids is 1. The van der Waals surface area contributed by atoms with E-state index in [0.717, 1.165) is 6.42 Å². The molecule has 0 saturated carbocycles. The number of hydrogen-bond acceptors (Lipinski definition) is 5. The fourth-order valence-corrected chi connectivity index (χ4v) is 3.40. The van der Waals surface area contributed by atoms with Crippen molar-refractivity contribution in [2.24, 2.45) is 5.92 Å². The highest BCUT2D eigenvalue weighted by molar-refractivity contribution is 7.89. The summed E-state index contributed by atoms with van der Waals surface area (Å²) in [6, 6.07) is 6.05. The zero-order valence-corrected chi connectivity index (χ0v) is 16.0. The summed E-state index contributed by atoms with van der Waals surface area (Å²) in [6.45, 7) is 4.75. The maximum Gasteiger partial charge on any atom is 0.251 e. The van der Waals surface area contributed by atoms with Crippen molar-refractivity contribution in [3.05, 3.63) is 54.1 Å². The molecule has 7 nitrogen and oxygen atoms in total. The first-order valence-corrected chi connectivity index (χ1v) is 9.88. The molecule has 0 radical (unpaired) electrons. The molecule has 0 aliphatic heterocycles. The predicted molar refractivity (Wildman–Crippen MR) is 98.9 cm³/mol. The third-order valence-electron chi connectivity index (χ3n) is 4.11. The summed E-state index contributed by atoms with van der Waals surface area (Å²) in [5.74, 6) is 0.0860. The first-order valence-electron chi connectivity index (χ1n) is 8.44.